The van der Waals surface area contributed by atoms with Gasteiger partial charge in [-0.05, 0) is 12.8 Å². The van der Waals surface area contributed by atoms with Crippen LogP contribution >= 0.6 is 0 Å². The summed E-state index contributed by atoms with van der Waals surface area (Å²) in [7, 11) is 0. The predicted molar refractivity (Wildman–Crippen MR) is 111 cm³/mol. The van der Waals surface area contributed by atoms with Gasteiger partial charge in [-0.1, -0.05) is 59.8 Å². The molecular formula is C23H40O6. The number of unbranched alkanes of at least 4 members (excludes halogenated alkanes) is 5. The summed E-state index contributed by atoms with van der Waals surface area (Å²) in [5.41, 5.74) is -0.743. The number of hydrogen-bond acceptors (Lipinski definition) is 6. The van der Waals surface area contributed by atoms with Crippen LogP contribution in [0.3, 0.4) is 0 Å². The Morgan fingerprint density at radius 1 is 0.724 bits per heavy atom. The Morgan fingerprint density at radius 2 is 1.21 bits per heavy atom. The summed E-state index contributed by atoms with van der Waals surface area (Å²) >= 11 is 0. The SMILES string of the molecule is CCCCCCCCC1(OC(=O)CC)CC(OC(=O)CC)CC(OC(=O)CC)C1. The topological polar surface area (TPSA) is 78.9 Å². The molecule has 29 heavy (non-hydrogen) atoms. The second-order valence-corrected chi connectivity index (χ2v) is 8.10. The average molecular weight is 413 g/mol. The van der Waals surface area contributed by atoms with Crippen molar-refractivity contribution in [1.82, 2.24) is 0 Å². The van der Waals surface area contributed by atoms with E-state index in [4.69, 9.17) is 14.2 Å². The van der Waals surface area contributed by atoms with Gasteiger partial charge in [0.1, 0.15) is 17.8 Å². The summed E-state index contributed by atoms with van der Waals surface area (Å²) in [4.78, 5) is 35.9. The highest BCUT2D eigenvalue weighted by molar-refractivity contribution is 5.70. The second kappa shape index (κ2) is 13.6. The molecule has 6 nitrogen and oxygen atoms in total. The van der Waals surface area contributed by atoms with E-state index in [9.17, 15) is 14.4 Å². The number of esters is 3. The minimum atomic E-state index is -0.743. The van der Waals surface area contributed by atoms with Crippen LogP contribution in [-0.4, -0.2) is 35.7 Å². The van der Waals surface area contributed by atoms with Crippen molar-refractivity contribution in [2.75, 3.05) is 0 Å². The average Bonchev–Trinajstić information content (AvgIpc) is 2.70. The van der Waals surface area contributed by atoms with Gasteiger partial charge in [0.05, 0.1) is 0 Å². The fourth-order valence-corrected chi connectivity index (χ4v) is 3.97. The molecule has 0 bridgehead atoms. The number of hydrogen-bond donors (Lipinski definition) is 0. The van der Waals surface area contributed by atoms with Gasteiger partial charge in [0.15, 0.2) is 0 Å². The maximum absolute atomic E-state index is 12.2. The molecule has 1 aliphatic rings. The summed E-state index contributed by atoms with van der Waals surface area (Å²) in [6, 6.07) is 0. The Morgan fingerprint density at radius 3 is 1.69 bits per heavy atom. The van der Waals surface area contributed by atoms with E-state index in [2.05, 4.69) is 6.92 Å². The third-order valence-corrected chi connectivity index (χ3v) is 5.50. The van der Waals surface area contributed by atoms with E-state index < -0.39 is 17.8 Å². The highest BCUT2D eigenvalue weighted by atomic mass is 16.6. The van der Waals surface area contributed by atoms with Crippen LogP contribution in [0, 0.1) is 0 Å². The van der Waals surface area contributed by atoms with Crippen molar-refractivity contribution in [3.05, 3.63) is 0 Å². The molecule has 0 aromatic heterocycles. The third kappa shape index (κ3) is 9.64. The molecule has 2 atom stereocenters. The van der Waals surface area contributed by atoms with Crippen LogP contribution in [0.2, 0.25) is 0 Å². The van der Waals surface area contributed by atoms with Gasteiger partial charge in [0.2, 0.25) is 0 Å². The molecule has 0 amide bonds. The Labute approximate surface area is 176 Å². The maximum Gasteiger partial charge on any atom is 0.306 e. The Kier molecular flexibility index (Phi) is 11.9. The van der Waals surface area contributed by atoms with Gasteiger partial charge in [-0.3, -0.25) is 14.4 Å². The van der Waals surface area contributed by atoms with E-state index in [-0.39, 0.29) is 37.2 Å². The zero-order valence-electron chi connectivity index (χ0n) is 18.8. The first-order valence-corrected chi connectivity index (χ1v) is 11.5. The van der Waals surface area contributed by atoms with Crippen molar-refractivity contribution >= 4 is 17.9 Å². The maximum atomic E-state index is 12.2. The van der Waals surface area contributed by atoms with Crippen molar-refractivity contribution in [3.63, 3.8) is 0 Å². The number of carbonyl (C=O) groups is 3. The lowest BCUT2D eigenvalue weighted by Gasteiger charge is -2.43. The van der Waals surface area contributed by atoms with Crippen LogP contribution in [0.5, 0.6) is 0 Å². The minimum Gasteiger partial charge on any atom is -0.462 e. The molecule has 168 valence electrons. The summed E-state index contributed by atoms with van der Waals surface area (Å²) < 4.78 is 17.1. The molecule has 1 aliphatic carbocycles. The van der Waals surface area contributed by atoms with Gasteiger partial charge in [-0.25, -0.2) is 0 Å². The summed E-state index contributed by atoms with van der Waals surface area (Å²) in [6.45, 7) is 7.46. The fraction of sp³-hybridized carbons (Fsp3) is 0.870. The first-order valence-electron chi connectivity index (χ1n) is 11.5. The Bertz CT molecular complexity index is 489. The van der Waals surface area contributed by atoms with E-state index in [1.54, 1.807) is 20.8 Å². The van der Waals surface area contributed by atoms with Gasteiger partial charge in [-0.2, -0.15) is 0 Å². The zero-order valence-corrected chi connectivity index (χ0v) is 18.8. The van der Waals surface area contributed by atoms with Crippen molar-refractivity contribution < 1.29 is 28.6 Å². The Hall–Kier alpha value is -1.59. The molecule has 0 radical (unpaired) electrons. The van der Waals surface area contributed by atoms with Crippen molar-refractivity contribution in [2.24, 2.45) is 0 Å². The number of ether oxygens (including phenoxy) is 3. The van der Waals surface area contributed by atoms with Gasteiger partial charge < -0.3 is 14.2 Å². The molecule has 0 N–H and O–H groups in total. The van der Waals surface area contributed by atoms with Crippen LogP contribution in [-0.2, 0) is 28.6 Å². The van der Waals surface area contributed by atoms with Crippen LogP contribution in [0.15, 0.2) is 0 Å². The molecule has 0 aliphatic heterocycles. The highest BCUT2D eigenvalue weighted by Gasteiger charge is 2.45. The van der Waals surface area contributed by atoms with E-state index >= 15 is 0 Å². The normalized spacial score (nSPS) is 24.0. The lowest BCUT2D eigenvalue weighted by molar-refractivity contribution is -0.186. The fourth-order valence-electron chi connectivity index (χ4n) is 3.97. The lowest BCUT2D eigenvalue weighted by Crippen LogP contribution is -2.49. The van der Waals surface area contributed by atoms with E-state index in [0.717, 1.165) is 19.3 Å². The first kappa shape index (κ1) is 25.4. The van der Waals surface area contributed by atoms with Crippen molar-refractivity contribution in [1.29, 1.82) is 0 Å². The molecular weight excluding hydrogens is 372 g/mol. The van der Waals surface area contributed by atoms with Crippen LogP contribution < -0.4 is 0 Å². The number of rotatable bonds is 13. The quantitative estimate of drug-likeness (QED) is 0.233. The van der Waals surface area contributed by atoms with E-state index in [1.165, 1.54) is 19.3 Å². The van der Waals surface area contributed by atoms with Crippen molar-refractivity contribution in [2.45, 2.75) is 129 Å². The molecule has 0 heterocycles. The molecule has 0 aromatic carbocycles. The monoisotopic (exact) mass is 412 g/mol. The molecule has 2 unspecified atom stereocenters. The Balaban J connectivity index is 2.90. The first-order chi connectivity index (χ1) is 13.9. The van der Waals surface area contributed by atoms with Gasteiger partial charge in [-0.15, -0.1) is 0 Å². The lowest BCUT2D eigenvalue weighted by atomic mass is 9.77. The van der Waals surface area contributed by atoms with Crippen LogP contribution in [0.4, 0.5) is 0 Å². The zero-order chi connectivity index (χ0) is 21.7. The number of carbonyl (C=O) groups excluding carboxylic acids is 3. The molecule has 0 aromatic rings. The van der Waals surface area contributed by atoms with Gasteiger partial charge >= 0.3 is 17.9 Å². The molecule has 1 fully saturated rings. The molecule has 0 saturated heterocycles. The smallest absolute Gasteiger partial charge is 0.306 e. The largest absolute Gasteiger partial charge is 0.462 e. The van der Waals surface area contributed by atoms with Crippen LogP contribution in [0.25, 0.3) is 0 Å². The molecule has 0 spiro atoms. The summed E-state index contributed by atoms with van der Waals surface area (Å²) in [5, 5.41) is 0. The summed E-state index contributed by atoms with van der Waals surface area (Å²) in [5.74, 6) is -0.834. The minimum absolute atomic E-state index is 0.265. The van der Waals surface area contributed by atoms with Crippen molar-refractivity contribution in [3.8, 4) is 0 Å². The third-order valence-electron chi connectivity index (χ3n) is 5.50. The molecule has 6 heteroatoms. The van der Waals surface area contributed by atoms with Gasteiger partial charge in [0.25, 0.3) is 0 Å². The van der Waals surface area contributed by atoms with Crippen LogP contribution in [0.1, 0.15) is 111 Å². The van der Waals surface area contributed by atoms with Gasteiger partial charge in [0, 0.05) is 38.5 Å². The molecule has 1 rings (SSSR count). The van der Waals surface area contributed by atoms with E-state index in [0.29, 0.717) is 25.7 Å². The predicted octanol–water partition coefficient (Wildman–Crippen LogP) is 5.26. The van der Waals surface area contributed by atoms with E-state index in [1.807, 2.05) is 0 Å². The summed E-state index contributed by atoms with van der Waals surface area (Å²) in [6.07, 6.45) is 8.97. The molecule has 1 saturated carbocycles. The highest BCUT2D eigenvalue weighted by Crippen LogP contribution is 2.39. The second-order valence-electron chi connectivity index (χ2n) is 8.10. The standard InChI is InChI=1S/C23H40O6/c1-5-9-10-11-12-13-14-23(29-22(26)8-4)16-18(27-20(24)6-2)15-19(17-23)28-21(25)7-3/h18-19H,5-17H2,1-4H3.